The summed E-state index contributed by atoms with van der Waals surface area (Å²) in [5, 5.41) is 17.5. The van der Waals surface area contributed by atoms with E-state index in [1.165, 1.54) is 89.9 Å². The highest BCUT2D eigenvalue weighted by Crippen LogP contribution is 2.20. The summed E-state index contributed by atoms with van der Waals surface area (Å²) >= 11 is 4.53. The zero-order chi connectivity index (χ0) is 17.0. The van der Waals surface area contributed by atoms with E-state index in [-0.39, 0.29) is 0 Å². The molecule has 0 atom stereocenters. The predicted octanol–water partition coefficient (Wildman–Crippen LogP) is 5.76. The first-order valence-corrected chi connectivity index (χ1v) is 10.8. The van der Waals surface area contributed by atoms with Crippen LogP contribution in [0.5, 0.6) is 0 Å². The summed E-state index contributed by atoms with van der Waals surface area (Å²) in [6.45, 7) is 0.707. The fraction of sp³-hybridized carbons (Fsp3) is 1.00. The molecule has 0 bridgehead atoms. The van der Waals surface area contributed by atoms with Crippen molar-refractivity contribution >= 4 is 12.6 Å². The Bertz CT molecular complexity index is 192. The lowest BCUT2D eigenvalue weighted by Crippen LogP contribution is -2.02. The van der Waals surface area contributed by atoms with Gasteiger partial charge in [0.1, 0.15) is 0 Å². The summed E-state index contributed by atoms with van der Waals surface area (Å²) < 4.78 is 0. The number of rotatable bonds is 19. The van der Waals surface area contributed by atoms with Gasteiger partial charge in [0.25, 0.3) is 0 Å². The summed E-state index contributed by atoms with van der Waals surface area (Å²) in [5.74, 6) is 1.87. The smallest absolute Gasteiger partial charge is 0.0431 e. The molecule has 0 aromatic rings. The van der Waals surface area contributed by atoms with Crippen LogP contribution in [-0.2, 0) is 0 Å². The van der Waals surface area contributed by atoms with E-state index < -0.39 is 0 Å². The monoisotopic (exact) mass is 346 g/mol. The van der Waals surface area contributed by atoms with Crippen LogP contribution in [0.25, 0.3) is 0 Å². The number of aliphatic hydroxyl groups excluding tert-OH is 2. The number of unbranched alkanes of at least 4 members (excludes halogenated alkanes) is 12. The molecule has 0 unspecified atom stereocenters. The van der Waals surface area contributed by atoms with Crippen LogP contribution in [-0.4, -0.2) is 29.2 Å². The van der Waals surface area contributed by atoms with Crippen molar-refractivity contribution in [2.45, 2.75) is 103 Å². The molecule has 2 nitrogen and oxygen atoms in total. The average molecular weight is 347 g/mol. The van der Waals surface area contributed by atoms with Crippen LogP contribution in [0.15, 0.2) is 0 Å². The Morgan fingerprint density at radius 1 is 0.478 bits per heavy atom. The molecule has 2 N–H and O–H groups in total. The molecule has 0 fully saturated rings. The van der Waals surface area contributed by atoms with E-state index in [9.17, 15) is 0 Å². The first-order chi connectivity index (χ1) is 11.3. The van der Waals surface area contributed by atoms with E-state index in [2.05, 4.69) is 12.6 Å². The van der Waals surface area contributed by atoms with Crippen molar-refractivity contribution < 1.29 is 10.2 Å². The van der Waals surface area contributed by atoms with Gasteiger partial charge in [-0.2, -0.15) is 12.6 Å². The minimum absolute atomic E-state index is 0.353. The molecule has 0 saturated carbocycles. The second-order valence-electron chi connectivity index (χ2n) is 7.02. The molecular weight excluding hydrogens is 304 g/mol. The van der Waals surface area contributed by atoms with Gasteiger partial charge < -0.3 is 10.2 Å². The van der Waals surface area contributed by atoms with Gasteiger partial charge in [0.2, 0.25) is 0 Å². The fourth-order valence-electron chi connectivity index (χ4n) is 3.18. The zero-order valence-corrected chi connectivity index (χ0v) is 16.2. The van der Waals surface area contributed by atoms with Gasteiger partial charge >= 0.3 is 0 Å². The molecule has 3 heteroatoms. The van der Waals surface area contributed by atoms with E-state index in [1.54, 1.807) is 0 Å². The van der Waals surface area contributed by atoms with Crippen LogP contribution >= 0.6 is 12.6 Å². The normalized spacial score (nSPS) is 11.5. The van der Waals surface area contributed by atoms with Crippen molar-refractivity contribution in [2.24, 2.45) is 5.92 Å². The van der Waals surface area contributed by atoms with Crippen molar-refractivity contribution in [3.63, 3.8) is 0 Å². The number of hydrogen-bond donors (Lipinski definition) is 3. The van der Waals surface area contributed by atoms with Crippen molar-refractivity contribution in [1.82, 2.24) is 0 Å². The molecule has 0 saturated heterocycles. The molecular formula is C20H42O2S. The maximum absolute atomic E-state index is 8.73. The highest BCUT2D eigenvalue weighted by Gasteiger charge is 2.06. The van der Waals surface area contributed by atoms with Crippen molar-refractivity contribution in [2.75, 3.05) is 19.0 Å². The molecule has 0 amide bonds. The van der Waals surface area contributed by atoms with Crippen LogP contribution in [0.3, 0.4) is 0 Å². The minimum Gasteiger partial charge on any atom is -0.396 e. The molecule has 0 aliphatic rings. The molecule has 0 aliphatic carbocycles. The van der Waals surface area contributed by atoms with Crippen LogP contribution < -0.4 is 0 Å². The molecule has 0 heterocycles. The highest BCUT2D eigenvalue weighted by atomic mass is 32.1. The molecule has 0 aromatic carbocycles. The van der Waals surface area contributed by atoms with Crippen molar-refractivity contribution in [3.05, 3.63) is 0 Å². The Labute approximate surface area is 150 Å². The molecule has 0 aromatic heterocycles. The SMILES string of the molecule is OCCCCCCCCCC(CS)CCCCCCCCCO. The van der Waals surface area contributed by atoms with Gasteiger partial charge in [0.15, 0.2) is 0 Å². The first kappa shape index (κ1) is 23.3. The lowest BCUT2D eigenvalue weighted by molar-refractivity contribution is 0.282. The van der Waals surface area contributed by atoms with E-state index in [0.29, 0.717) is 13.2 Å². The summed E-state index contributed by atoms with van der Waals surface area (Å²) in [5.41, 5.74) is 0. The van der Waals surface area contributed by atoms with Gasteiger partial charge in [-0.3, -0.25) is 0 Å². The quantitative estimate of drug-likeness (QED) is 0.206. The predicted molar refractivity (Wildman–Crippen MR) is 105 cm³/mol. The van der Waals surface area contributed by atoms with Gasteiger partial charge in [-0.05, 0) is 37.4 Å². The Hall–Kier alpha value is 0.270. The second kappa shape index (κ2) is 20.3. The van der Waals surface area contributed by atoms with Crippen LogP contribution in [0.1, 0.15) is 103 Å². The van der Waals surface area contributed by atoms with Crippen molar-refractivity contribution in [1.29, 1.82) is 0 Å². The third-order valence-corrected chi connectivity index (χ3v) is 5.32. The lowest BCUT2D eigenvalue weighted by atomic mass is 9.95. The average Bonchev–Trinajstić information content (AvgIpc) is 2.57. The molecule has 0 spiro atoms. The third-order valence-electron chi connectivity index (χ3n) is 4.80. The van der Waals surface area contributed by atoms with E-state index in [1.807, 2.05) is 0 Å². The standard InChI is InChI=1S/C20H42O2S/c21-17-13-9-5-1-3-7-11-15-20(19-23)16-12-8-4-2-6-10-14-18-22/h20-23H,1-19H2. The Morgan fingerprint density at radius 2 is 0.783 bits per heavy atom. The molecule has 140 valence electrons. The van der Waals surface area contributed by atoms with Gasteiger partial charge in [-0.1, -0.05) is 77.0 Å². The number of thiol groups is 1. The van der Waals surface area contributed by atoms with Gasteiger partial charge in [0, 0.05) is 13.2 Å². The van der Waals surface area contributed by atoms with Crippen molar-refractivity contribution in [3.8, 4) is 0 Å². The minimum atomic E-state index is 0.353. The molecule has 0 aliphatic heterocycles. The summed E-state index contributed by atoms with van der Waals surface area (Å²) in [4.78, 5) is 0. The summed E-state index contributed by atoms with van der Waals surface area (Å²) in [7, 11) is 0. The molecule has 0 rings (SSSR count). The van der Waals surface area contributed by atoms with Crippen LogP contribution in [0, 0.1) is 5.92 Å². The van der Waals surface area contributed by atoms with Crippen LogP contribution in [0.2, 0.25) is 0 Å². The Kier molecular flexibility index (Phi) is 20.6. The summed E-state index contributed by atoms with van der Waals surface area (Å²) in [6.07, 6.45) is 20.5. The van der Waals surface area contributed by atoms with Gasteiger partial charge in [-0.25, -0.2) is 0 Å². The highest BCUT2D eigenvalue weighted by molar-refractivity contribution is 7.80. The molecule has 0 radical (unpaired) electrons. The maximum Gasteiger partial charge on any atom is 0.0431 e. The lowest BCUT2D eigenvalue weighted by Gasteiger charge is -2.14. The maximum atomic E-state index is 8.73. The number of aliphatic hydroxyl groups is 2. The van der Waals surface area contributed by atoms with Crippen LogP contribution in [0.4, 0.5) is 0 Å². The Morgan fingerprint density at radius 3 is 1.09 bits per heavy atom. The van der Waals surface area contributed by atoms with Gasteiger partial charge in [0.05, 0.1) is 0 Å². The summed E-state index contributed by atoms with van der Waals surface area (Å²) in [6, 6.07) is 0. The fourth-order valence-corrected chi connectivity index (χ4v) is 3.55. The Balaban J connectivity index is 3.29. The van der Waals surface area contributed by atoms with E-state index in [4.69, 9.17) is 10.2 Å². The van der Waals surface area contributed by atoms with Gasteiger partial charge in [-0.15, -0.1) is 0 Å². The number of hydrogen-bond acceptors (Lipinski definition) is 3. The van der Waals surface area contributed by atoms with E-state index >= 15 is 0 Å². The molecule has 23 heavy (non-hydrogen) atoms. The second-order valence-corrected chi connectivity index (χ2v) is 7.39. The largest absolute Gasteiger partial charge is 0.396 e. The first-order valence-electron chi connectivity index (χ1n) is 10.2. The zero-order valence-electron chi connectivity index (χ0n) is 15.4. The third kappa shape index (κ3) is 18.4. The van der Waals surface area contributed by atoms with E-state index in [0.717, 1.165) is 24.5 Å². The topological polar surface area (TPSA) is 40.5 Å².